The van der Waals surface area contributed by atoms with E-state index < -0.39 is 43.7 Å². The number of rotatable bonds is 8. The summed E-state index contributed by atoms with van der Waals surface area (Å²) in [5, 5.41) is 13.3. The number of aliphatic hydroxyl groups is 1. The van der Waals surface area contributed by atoms with E-state index in [0.717, 1.165) is 15.9 Å². The fraction of sp³-hybridized carbons (Fsp3) is 0.421. The average molecular weight is 642 g/mol. The lowest BCUT2D eigenvalue weighted by atomic mass is 9.71. The predicted molar refractivity (Wildman–Crippen MR) is 183 cm³/mol. The van der Waals surface area contributed by atoms with Crippen LogP contribution in [-0.2, 0) is 25.3 Å². The molecule has 2 aliphatic rings. The first-order valence-electron chi connectivity index (χ1n) is 16.1. The monoisotopic (exact) mass is 641 g/mol. The van der Waals surface area contributed by atoms with Gasteiger partial charge in [-0.2, -0.15) is 0 Å². The Morgan fingerprint density at radius 1 is 0.891 bits per heavy atom. The lowest BCUT2D eigenvalue weighted by Crippen LogP contribution is -2.68. The first-order chi connectivity index (χ1) is 21.8. The highest BCUT2D eigenvalue weighted by Gasteiger charge is 2.63. The number of ether oxygens (including phenoxy) is 2. The Morgan fingerprint density at radius 2 is 1.43 bits per heavy atom. The Morgan fingerprint density at radius 3 is 1.96 bits per heavy atom. The summed E-state index contributed by atoms with van der Waals surface area (Å²) in [6.45, 7) is 12.5. The fourth-order valence-corrected chi connectivity index (χ4v) is 11.8. The summed E-state index contributed by atoms with van der Waals surface area (Å²) in [5.41, 5.74) is -1.23. The molecule has 46 heavy (non-hydrogen) atoms. The number of hydrogen-bond acceptors (Lipinski definition) is 6. The number of carbonyl (C=O) groups excluding carboxylic acids is 2. The van der Waals surface area contributed by atoms with Gasteiger partial charge in [-0.25, -0.2) is 4.79 Å². The molecule has 0 bridgehead atoms. The third-order valence-electron chi connectivity index (χ3n) is 9.09. The molecule has 3 aromatic carbocycles. The van der Waals surface area contributed by atoms with Crippen LogP contribution < -0.4 is 10.4 Å². The van der Waals surface area contributed by atoms with Crippen molar-refractivity contribution in [3.63, 3.8) is 0 Å². The van der Waals surface area contributed by atoms with Crippen molar-refractivity contribution < 1.29 is 28.6 Å². The second-order valence-electron chi connectivity index (χ2n) is 14.4. The summed E-state index contributed by atoms with van der Waals surface area (Å²) in [4.78, 5) is 29.7. The SMILES string of the molecule is CC(C)(C)OC(=O)N1C[C@H](O[Si](c2ccccc2)(c2ccccc2)C(C)(C)C)C[C@@]12C(=O)C=C[C@@H](O)[C@@H]2COCc1ccccc1. The maximum absolute atomic E-state index is 14.2. The maximum atomic E-state index is 14.2. The van der Waals surface area contributed by atoms with Crippen molar-refractivity contribution in [2.45, 2.75) is 83.0 Å². The van der Waals surface area contributed by atoms with Gasteiger partial charge in [0.15, 0.2) is 5.78 Å². The molecule has 1 aliphatic heterocycles. The lowest BCUT2D eigenvalue weighted by Gasteiger charge is -2.46. The quantitative estimate of drug-likeness (QED) is 0.321. The van der Waals surface area contributed by atoms with E-state index in [0.29, 0.717) is 6.61 Å². The summed E-state index contributed by atoms with van der Waals surface area (Å²) < 4.78 is 19.5. The normalized spacial score (nSPS) is 23.6. The molecule has 1 spiro atoms. The van der Waals surface area contributed by atoms with Gasteiger partial charge in [0.05, 0.1) is 32.0 Å². The number of amides is 1. The van der Waals surface area contributed by atoms with E-state index in [2.05, 4.69) is 45.0 Å². The van der Waals surface area contributed by atoms with Crippen LogP contribution in [0.25, 0.3) is 0 Å². The topological polar surface area (TPSA) is 85.3 Å². The summed E-state index contributed by atoms with van der Waals surface area (Å²) >= 11 is 0. The van der Waals surface area contributed by atoms with Crippen LogP contribution in [0.1, 0.15) is 53.5 Å². The molecule has 1 aliphatic carbocycles. The molecule has 0 saturated carbocycles. The molecule has 244 valence electrons. The Hall–Kier alpha value is -3.56. The highest BCUT2D eigenvalue weighted by atomic mass is 28.4. The van der Waals surface area contributed by atoms with Crippen molar-refractivity contribution >= 4 is 30.6 Å². The number of ketones is 1. The molecule has 1 fully saturated rings. The number of aliphatic hydroxyl groups excluding tert-OH is 1. The second kappa shape index (κ2) is 13.3. The molecule has 1 heterocycles. The van der Waals surface area contributed by atoms with E-state index in [1.54, 1.807) is 0 Å². The molecule has 0 unspecified atom stereocenters. The van der Waals surface area contributed by atoms with Crippen molar-refractivity contribution in [1.29, 1.82) is 0 Å². The first kappa shape index (κ1) is 33.8. The summed E-state index contributed by atoms with van der Waals surface area (Å²) in [7, 11) is -3.04. The number of benzene rings is 3. The van der Waals surface area contributed by atoms with E-state index in [9.17, 15) is 14.7 Å². The van der Waals surface area contributed by atoms with Gasteiger partial charge in [0, 0.05) is 12.3 Å². The van der Waals surface area contributed by atoms with Crippen LogP contribution in [-0.4, -0.2) is 66.7 Å². The van der Waals surface area contributed by atoms with Crippen molar-refractivity contribution in [2.24, 2.45) is 5.92 Å². The Balaban J connectivity index is 1.58. The van der Waals surface area contributed by atoms with Crippen LogP contribution in [0.5, 0.6) is 0 Å². The molecule has 0 aromatic heterocycles. The first-order valence-corrected chi connectivity index (χ1v) is 18.0. The molecule has 5 rings (SSSR count). The van der Waals surface area contributed by atoms with Crippen molar-refractivity contribution in [1.82, 2.24) is 4.90 Å². The van der Waals surface area contributed by atoms with Crippen LogP contribution in [0.2, 0.25) is 5.04 Å². The van der Waals surface area contributed by atoms with E-state index in [4.69, 9.17) is 13.9 Å². The number of carbonyl (C=O) groups is 2. The minimum Gasteiger partial charge on any atom is -0.444 e. The Bertz CT molecular complexity index is 1480. The highest BCUT2D eigenvalue weighted by molar-refractivity contribution is 6.99. The second-order valence-corrected chi connectivity index (χ2v) is 18.7. The lowest BCUT2D eigenvalue weighted by molar-refractivity contribution is -0.135. The zero-order valence-corrected chi connectivity index (χ0v) is 28.8. The van der Waals surface area contributed by atoms with E-state index in [-0.39, 0.29) is 30.4 Å². The molecule has 3 aromatic rings. The Kier molecular flexibility index (Phi) is 9.75. The van der Waals surface area contributed by atoms with Gasteiger partial charge in [0.25, 0.3) is 8.32 Å². The van der Waals surface area contributed by atoms with Crippen molar-refractivity contribution in [3.05, 3.63) is 109 Å². The van der Waals surface area contributed by atoms with Crippen LogP contribution in [0.4, 0.5) is 4.79 Å². The van der Waals surface area contributed by atoms with Crippen LogP contribution in [0.15, 0.2) is 103 Å². The zero-order chi connectivity index (χ0) is 33.2. The number of nitrogens with zero attached hydrogens (tertiary/aromatic N) is 1. The minimum absolute atomic E-state index is 0.0668. The summed E-state index contributed by atoms with van der Waals surface area (Å²) in [6, 6.07) is 30.4. The van der Waals surface area contributed by atoms with Gasteiger partial charge in [-0.1, -0.05) is 118 Å². The van der Waals surface area contributed by atoms with E-state index >= 15 is 0 Å². The van der Waals surface area contributed by atoms with E-state index in [1.807, 2.05) is 87.5 Å². The molecular weight excluding hydrogens is 595 g/mol. The van der Waals surface area contributed by atoms with Gasteiger partial charge in [-0.3, -0.25) is 9.69 Å². The van der Waals surface area contributed by atoms with Gasteiger partial charge in [0.2, 0.25) is 0 Å². The third-order valence-corrected chi connectivity index (χ3v) is 14.2. The molecule has 4 atom stereocenters. The smallest absolute Gasteiger partial charge is 0.411 e. The van der Waals surface area contributed by atoms with Gasteiger partial charge < -0.3 is 19.0 Å². The minimum atomic E-state index is -3.04. The third kappa shape index (κ3) is 6.62. The largest absolute Gasteiger partial charge is 0.444 e. The highest BCUT2D eigenvalue weighted by Crippen LogP contribution is 2.46. The predicted octanol–water partition coefficient (Wildman–Crippen LogP) is 5.64. The average Bonchev–Trinajstić information content (AvgIpc) is 3.39. The summed E-state index contributed by atoms with van der Waals surface area (Å²) in [5.74, 6) is -0.987. The number of likely N-dealkylation sites (tertiary alicyclic amines) is 1. The zero-order valence-electron chi connectivity index (χ0n) is 27.8. The summed E-state index contributed by atoms with van der Waals surface area (Å²) in [6.07, 6.45) is 0.985. The van der Waals surface area contributed by atoms with E-state index in [1.165, 1.54) is 17.1 Å². The molecule has 0 radical (unpaired) electrons. The molecule has 1 amide bonds. The number of hydrogen-bond donors (Lipinski definition) is 1. The van der Waals surface area contributed by atoms with Gasteiger partial charge >= 0.3 is 6.09 Å². The standard InChI is InChI=1S/C38H47NO6Si/c1-36(2,3)44-35(42)39-25-29(45-46(37(4,5)6,30-18-12-8-13-19-30)31-20-14-9-15-21-31)24-38(39)32(33(40)22-23-34(38)41)27-43-26-28-16-10-7-11-17-28/h7-23,29,32-33,40H,24-27H2,1-6H3/t29-,32+,33-,38-/m1/s1. The van der Waals surface area contributed by atoms with Crippen LogP contribution in [0.3, 0.4) is 0 Å². The van der Waals surface area contributed by atoms with Gasteiger partial charge in [-0.15, -0.1) is 0 Å². The molecule has 1 N–H and O–H groups in total. The Labute approximate surface area is 274 Å². The van der Waals surface area contributed by atoms with Gasteiger partial charge in [-0.05, 0) is 47.8 Å². The molecule has 8 heteroatoms. The molecule has 7 nitrogen and oxygen atoms in total. The van der Waals surface area contributed by atoms with Crippen LogP contribution in [0, 0.1) is 5.92 Å². The maximum Gasteiger partial charge on any atom is 0.411 e. The van der Waals surface area contributed by atoms with Crippen molar-refractivity contribution in [2.75, 3.05) is 13.2 Å². The molecule has 1 saturated heterocycles. The van der Waals surface area contributed by atoms with Gasteiger partial charge in [0.1, 0.15) is 11.1 Å². The molecular formula is C38H47NO6Si. The van der Waals surface area contributed by atoms with Crippen LogP contribution >= 0.6 is 0 Å². The fourth-order valence-electron chi connectivity index (χ4n) is 7.09. The van der Waals surface area contributed by atoms with Crippen molar-refractivity contribution in [3.8, 4) is 0 Å².